The summed E-state index contributed by atoms with van der Waals surface area (Å²) in [5.41, 5.74) is 6.65. The summed E-state index contributed by atoms with van der Waals surface area (Å²) in [7, 11) is 0. The van der Waals surface area contributed by atoms with E-state index >= 15 is 0 Å². The standard InChI is InChI=1S/C19H18N4OS/c1-13-3-7-15(8-4-13)17-11-18(22-21-17)19(24)23-20-12-14-5-9-16(25-2)10-6-14/h3-12H,1-2H3,(H,21,22)(H,23,24)/b20-12-. The number of carbonyl (C=O) groups is 1. The van der Waals surface area contributed by atoms with Crippen LogP contribution in [0.1, 0.15) is 21.6 Å². The molecule has 3 rings (SSSR count). The lowest BCUT2D eigenvalue weighted by atomic mass is 10.1. The van der Waals surface area contributed by atoms with E-state index in [2.05, 4.69) is 20.7 Å². The molecule has 0 aliphatic rings. The molecule has 0 aliphatic heterocycles. The maximum absolute atomic E-state index is 12.1. The number of H-pyrrole nitrogens is 1. The summed E-state index contributed by atoms with van der Waals surface area (Å²) >= 11 is 1.68. The molecule has 1 heterocycles. The molecular formula is C19H18N4OS. The van der Waals surface area contributed by atoms with Crippen molar-refractivity contribution in [2.24, 2.45) is 5.10 Å². The third kappa shape index (κ3) is 4.36. The smallest absolute Gasteiger partial charge is 0.272 e. The molecule has 6 heteroatoms. The summed E-state index contributed by atoms with van der Waals surface area (Å²) < 4.78 is 0. The first kappa shape index (κ1) is 17.0. The van der Waals surface area contributed by atoms with Crippen LogP contribution in [0.25, 0.3) is 11.3 Å². The van der Waals surface area contributed by atoms with E-state index in [1.165, 1.54) is 10.5 Å². The van der Waals surface area contributed by atoms with Crippen molar-refractivity contribution in [2.45, 2.75) is 11.8 Å². The number of amides is 1. The molecule has 0 aliphatic carbocycles. The van der Waals surface area contributed by atoms with Crippen LogP contribution in [-0.4, -0.2) is 28.6 Å². The summed E-state index contributed by atoms with van der Waals surface area (Å²) in [6.45, 7) is 2.03. The predicted octanol–water partition coefficient (Wildman–Crippen LogP) is 3.87. The van der Waals surface area contributed by atoms with Gasteiger partial charge in [-0.2, -0.15) is 10.2 Å². The van der Waals surface area contributed by atoms with Crippen LogP contribution in [0.3, 0.4) is 0 Å². The Morgan fingerprint density at radius 1 is 1.16 bits per heavy atom. The number of hydrogen-bond acceptors (Lipinski definition) is 4. The van der Waals surface area contributed by atoms with Gasteiger partial charge in [-0.15, -0.1) is 11.8 Å². The molecule has 126 valence electrons. The van der Waals surface area contributed by atoms with E-state index in [-0.39, 0.29) is 5.91 Å². The van der Waals surface area contributed by atoms with E-state index in [1.807, 2.05) is 61.7 Å². The van der Waals surface area contributed by atoms with Gasteiger partial charge in [-0.3, -0.25) is 9.89 Å². The zero-order chi connectivity index (χ0) is 17.6. The molecule has 5 nitrogen and oxygen atoms in total. The molecule has 0 fully saturated rings. The van der Waals surface area contributed by atoms with Crippen molar-refractivity contribution in [3.8, 4) is 11.3 Å². The SMILES string of the molecule is CSc1ccc(/C=N\NC(=O)c2cc(-c3ccc(C)cc3)n[nH]2)cc1. The lowest BCUT2D eigenvalue weighted by Crippen LogP contribution is -2.17. The Balaban J connectivity index is 1.63. The largest absolute Gasteiger partial charge is 0.289 e. The maximum Gasteiger partial charge on any atom is 0.289 e. The summed E-state index contributed by atoms with van der Waals surface area (Å²) in [6, 6.07) is 17.6. The topological polar surface area (TPSA) is 70.1 Å². The van der Waals surface area contributed by atoms with Crippen molar-refractivity contribution in [1.82, 2.24) is 15.6 Å². The number of aromatic amines is 1. The monoisotopic (exact) mass is 350 g/mol. The lowest BCUT2D eigenvalue weighted by molar-refractivity contribution is 0.0950. The van der Waals surface area contributed by atoms with Crippen molar-refractivity contribution >= 4 is 23.9 Å². The van der Waals surface area contributed by atoms with Crippen LogP contribution in [-0.2, 0) is 0 Å². The van der Waals surface area contributed by atoms with Crippen molar-refractivity contribution in [1.29, 1.82) is 0 Å². The Labute approximate surface area is 150 Å². The van der Waals surface area contributed by atoms with Crippen molar-refractivity contribution < 1.29 is 4.79 Å². The Kier molecular flexibility index (Phi) is 5.30. The number of hydrazone groups is 1. The van der Waals surface area contributed by atoms with Gasteiger partial charge in [0, 0.05) is 10.5 Å². The fourth-order valence-corrected chi connectivity index (χ4v) is 2.63. The quantitative estimate of drug-likeness (QED) is 0.417. The van der Waals surface area contributed by atoms with Gasteiger partial charge >= 0.3 is 0 Å². The molecule has 0 spiro atoms. The van der Waals surface area contributed by atoms with Crippen molar-refractivity contribution in [3.63, 3.8) is 0 Å². The zero-order valence-corrected chi connectivity index (χ0v) is 14.8. The summed E-state index contributed by atoms with van der Waals surface area (Å²) in [5, 5.41) is 10.9. The number of aryl methyl sites for hydroxylation is 1. The van der Waals surface area contributed by atoms with Gasteiger partial charge in [0.25, 0.3) is 5.91 Å². The van der Waals surface area contributed by atoms with Gasteiger partial charge in [0.05, 0.1) is 11.9 Å². The number of thioether (sulfide) groups is 1. The molecule has 0 atom stereocenters. The van der Waals surface area contributed by atoms with Gasteiger partial charge in [-0.1, -0.05) is 42.0 Å². The number of hydrogen-bond donors (Lipinski definition) is 2. The van der Waals surface area contributed by atoms with Gasteiger partial charge in [-0.05, 0) is 36.9 Å². The fraction of sp³-hybridized carbons (Fsp3) is 0.105. The van der Waals surface area contributed by atoms with E-state index < -0.39 is 0 Å². The van der Waals surface area contributed by atoms with Crippen molar-refractivity contribution in [2.75, 3.05) is 6.26 Å². The minimum Gasteiger partial charge on any atom is -0.272 e. The number of carbonyl (C=O) groups excluding carboxylic acids is 1. The molecule has 2 aromatic carbocycles. The average Bonchev–Trinajstić information content (AvgIpc) is 3.13. The second-order valence-corrected chi connectivity index (χ2v) is 6.38. The van der Waals surface area contributed by atoms with E-state index in [9.17, 15) is 4.79 Å². The van der Waals surface area contributed by atoms with Crippen LogP contribution in [0.2, 0.25) is 0 Å². The summed E-state index contributed by atoms with van der Waals surface area (Å²) in [5.74, 6) is -0.331. The van der Waals surface area contributed by atoms with Gasteiger partial charge in [0.2, 0.25) is 0 Å². The lowest BCUT2D eigenvalue weighted by Gasteiger charge is -1.98. The molecule has 3 aromatic rings. The maximum atomic E-state index is 12.1. The number of nitrogens with one attached hydrogen (secondary N) is 2. The molecule has 0 saturated carbocycles. The number of aromatic nitrogens is 2. The van der Waals surface area contributed by atoms with Crippen LogP contribution in [0.15, 0.2) is 64.6 Å². The normalized spacial score (nSPS) is 11.0. The molecule has 0 saturated heterocycles. The third-order valence-corrected chi connectivity index (χ3v) is 4.41. The van der Waals surface area contributed by atoms with E-state index in [1.54, 1.807) is 24.0 Å². The van der Waals surface area contributed by atoms with Gasteiger partial charge in [-0.25, -0.2) is 5.43 Å². The average molecular weight is 350 g/mol. The molecular weight excluding hydrogens is 332 g/mol. The van der Waals surface area contributed by atoms with Crippen LogP contribution in [0.5, 0.6) is 0 Å². The number of rotatable bonds is 5. The molecule has 1 aromatic heterocycles. The van der Waals surface area contributed by atoms with Crippen LogP contribution < -0.4 is 5.43 Å². The predicted molar refractivity (Wildman–Crippen MR) is 102 cm³/mol. The highest BCUT2D eigenvalue weighted by Gasteiger charge is 2.10. The molecule has 0 radical (unpaired) electrons. The van der Waals surface area contributed by atoms with Crippen LogP contribution >= 0.6 is 11.8 Å². The van der Waals surface area contributed by atoms with Gasteiger partial charge in [0.15, 0.2) is 0 Å². The second kappa shape index (κ2) is 7.81. The Morgan fingerprint density at radius 2 is 1.88 bits per heavy atom. The molecule has 1 amide bonds. The minimum atomic E-state index is -0.331. The Bertz CT molecular complexity index is 883. The molecule has 0 bridgehead atoms. The first-order chi connectivity index (χ1) is 12.2. The second-order valence-electron chi connectivity index (χ2n) is 5.51. The third-order valence-electron chi connectivity index (χ3n) is 3.67. The Morgan fingerprint density at radius 3 is 2.56 bits per heavy atom. The Hall–Kier alpha value is -2.86. The highest BCUT2D eigenvalue weighted by Crippen LogP contribution is 2.18. The fourth-order valence-electron chi connectivity index (χ4n) is 2.23. The zero-order valence-electron chi connectivity index (χ0n) is 14.0. The first-order valence-electron chi connectivity index (χ1n) is 7.75. The summed E-state index contributed by atoms with van der Waals surface area (Å²) in [6.07, 6.45) is 3.64. The van der Waals surface area contributed by atoms with E-state index in [4.69, 9.17) is 0 Å². The minimum absolute atomic E-state index is 0.331. The highest BCUT2D eigenvalue weighted by atomic mass is 32.2. The number of nitrogens with zero attached hydrogens (tertiary/aromatic N) is 2. The highest BCUT2D eigenvalue weighted by molar-refractivity contribution is 7.98. The molecule has 2 N–H and O–H groups in total. The summed E-state index contributed by atoms with van der Waals surface area (Å²) in [4.78, 5) is 13.3. The van der Waals surface area contributed by atoms with Crippen molar-refractivity contribution in [3.05, 3.63) is 71.4 Å². The van der Waals surface area contributed by atoms with Gasteiger partial charge < -0.3 is 0 Å². The first-order valence-corrected chi connectivity index (χ1v) is 8.98. The molecule has 0 unspecified atom stereocenters. The van der Waals surface area contributed by atoms with Crippen LogP contribution in [0, 0.1) is 6.92 Å². The molecule has 25 heavy (non-hydrogen) atoms. The van der Waals surface area contributed by atoms with E-state index in [0.717, 1.165) is 16.8 Å². The number of benzene rings is 2. The van der Waals surface area contributed by atoms with Gasteiger partial charge in [0.1, 0.15) is 5.69 Å². The van der Waals surface area contributed by atoms with E-state index in [0.29, 0.717) is 5.69 Å². The van der Waals surface area contributed by atoms with Crippen LogP contribution in [0.4, 0.5) is 0 Å².